The molecule has 0 amide bonds. The summed E-state index contributed by atoms with van der Waals surface area (Å²) < 4.78 is 133. The van der Waals surface area contributed by atoms with Gasteiger partial charge in [-0.2, -0.15) is 43.2 Å². The number of nitrogens with zero attached hydrogens (tertiary/aromatic N) is 1. The van der Waals surface area contributed by atoms with Crippen molar-refractivity contribution in [3.63, 3.8) is 0 Å². The summed E-state index contributed by atoms with van der Waals surface area (Å²) in [6.45, 7) is 4.17. The number of halogens is 6. The Hall–Kier alpha value is -2.68. The zero-order chi connectivity index (χ0) is 27.8. The molecule has 2 aromatic carbocycles. The molecule has 1 atom stereocenters. The van der Waals surface area contributed by atoms with Crippen LogP contribution in [0, 0.1) is 5.92 Å². The van der Waals surface area contributed by atoms with Crippen molar-refractivity contribution in [1.82, 2.24) is 4.57 Å². The van der Waals surface area contributed by atoms with Gasteiger partial charge < -0.3 is 12.9 Å². The maximum absolute atomic E-state index is 12.8. The summed E-state index contributed by atoms with van der Waals surface area (Å²) in [4.78, 5) is 0. The van der Waals surface area contributed by atoms with E-state index in [1.807, 2.05) is 13.8 Å². The van der Waals surface area contributed by atoms with Gasteiger partial charge in [-0.05, 0) is 36.6 Å². The van der Waals surface area contributed by atoms with Crippen molar-refractivity contribution < 1.29 is 51.5 Å². The first-order chi connectivity index (χ1) is 17.0. The van der Waals surface area contributed by atoms with Gasteiger partial charge >= 0.3 is 31.3 Å². The summed E-state index contributed by atoms with van der Waals surface area (Å²) in [5.41, 5.74) is -10.8. The number of unbranched alkanes of at least 4 members (excludes halogenated alkanes) is 1. The van der Waals surface area contributed by atoms with Gasteiger partial charge in [-0.3, -0.25) is 0 Å². The molecule has 1 heterocycles. The fraction of sp³-hybridized carbons (Fsp3) is 0.455. The Morgan fingerprint density at radius 1 is 0.784 bits per heavy atom. The SMILES string of the molecule is CCCCC(CC)Cn1c2cc(OS(=O)(=O)C(F)(F)F)ccc2c2ccc(OS(=O)(=O)C(F)(F)F)cc21. The molecule has 15 heteroatoms. The molecule has 1 unspecified atom stereocenters. The Morgan fingerprint density at radius 2 is 1.22 bits per heavy atom. The molecular formula is C22H23F6NO6S2. The molecule has 0 aliphatic rings. The van der Waals surface area contributed by atoms with Crippen LogP contribution >= 0.6 is 0 Å². The number of aromatic nitrogens is 1. The number of benzene rings is 2. The van der Waals surface area contributed by atoms with Gasteiger partial charge in [0.25, 0.3) is 0 Å². The molecule has 0 aliphatic carbocycles. The van der Waals surface area contributed by atoms with Crippen LogP contribution in [-0.2, 0) is 26.8 Å². The Bertz CT molecular complexity index is 1390. The summed E-state index contributed by atoms with van der Waals surface area (Å²) in [6.07, 6.45) is 3.22. The van der Waals surface area contributed by atoms with E-state index in [0.717, 1.165) is 43.5 Å². The molecule has 0 N–H and O–H groups in total. The van der Waals surface area contributed by atoms with Crippen LogP contribution in [0.4, 0.5) is 26.3 Å². The second-order valence-electron chi connectivity index (χ2n) is 8.35. The minimum Gasteiger partial charge on any atom is -0.376 e. The molecule has 1 aromatic heterocycles. The lowest BCUT2D eigenvalue weighted by Gasteiger charge is -2.18. The van der Waals surface area contributed by atoms with E-state index in [1.54, 1.807) is 4.57 Å². The van der Waals surface area contributed by atoms with E-state index in [0.29, 0.717) is 17.2 Å². The standard InChI is InChI=1S/C22H23F6NO6S2/c1-3-5-6-14(4-2)13-29-19-11-15(34-36(30,31)21(23,24)25)7-9-17(19)18-10-8-16(12-20(18)29)35-37(32,33)22(26,27)28/h7-12,14H,3-6,13H2,1-2H3. The molecule has 0 saturated heterocycles. The molecule has 0 bridgehead atoms. The van der Waals surface area contributed by atoms with Crippen LogP contribution in [0.25, 0.3) is 21.8 Å². The van der Waals surface area contributed by atoms with Crippen molar-refractivity contribution in [3.05, 3.63) is 36.4 Å². The molecule has 37 heavy (non-hydrogen) atoms. The van der Waals surface area contributed by atoms with E-state index in [-0.39, 0.29) is 23.5 Å². The Labute approximate surface area is 209 Å². The normalized spacial score (nSPS) is 14.3. The highest BCUT2D eigenvalue weighted by Gasteiger charge is 2.49. The maximum atomic E-state index is 12.8. The van der Waals surface area contributed by atoms with E-state index >= 15 is 0 Å². The van der Waals surface area contributed by atoms with Crippen LogP contribution in [0.5, 0.6) is 11.5 Å². The lowest BCUT2D eigenvalue weighted by molar-refractivity contribution is -0.0504. The van der Waals surface area contributed by atoms with Crippen LogP contribution < -0.4 is 8.37 Å². The molecule has 0 saturated carbocycles. The summed E-state index contributed by atoms with van der Waals surface area (Å²) in [5.74, 6) is -1.19. The maximum Gasteiger partial charge on any atom is 0.534 e. The van der Waals surface area contributed by atoms with E-state index in [1.165, 1.54) is 12.1 Å². The zero-order valence-corrected chi connectivity index (χ0v) is 21.2. The number of hydrogen-bond acceptors (Lipinski definition) is 6. The average molecular weight is 576 g/mol. The monoisotopic (exact) mass is 575 g/mol. The van der Waals surface area contributed by atoms with E-state index < -0.39 is 42.8 Å². The van der Waals surface area contributed by atoms with Gasteiger partial charge in [-0.1, -0.05) is 33.1 Å². The van der Waals surface area contributed by atoms with Gasteiger partial charge in [-0.15, -0.1) is 0 Å². The fourth-order valence-electron chi connectivity index (χ4n) is 3.88. The Kier molecular flexibility index (Phi) is 7.99. The second-order valence-corrected chi connectivity index (χ2v) is 11.4. The van der Waals surface area contributed by atoms with Gasteiger partial charge in [0, 0.05) is 29.4 Å². The van der Waals surface area contributed by atoms with Crippen molar-refractivity contribution in [1.29, 1.82) is 0 Å². The molecule has 3 aromatic rings. The molecular weight excluding hydrogens is 552 g/mol. The summed E-state index contributed by atoms with van der Waals surface area (Å²) in [7, 11) is -11.9. The first-order valence-corrected chi connectivity index (χ1v) is 13.9. The minimum absolute atomic E-state index is 0.0470. The molecule has 0 radical (unpaired) electrons. The first-order valence-electron chi connectivity index (χ1n) is 11.1. The predicted molar refractivity (Wildman–Crippen MR) is 124 cm³/mol. The van der Waals surface area contributed by atoms with Crippen LogP contribution in [0.15, 0.2) is 36.4 Å². The number of rotatable bonds is 10. The third kappa shape index (κ3) is 6.08. The van der Waals surface area contributed by atoms with Crippen molar-refractivity contribution in [2.45, 2.75) is 57.1 Å². The van der Waals surface area contributed by atoms with E-state index in [4.69, 9.17) is 0 Å². The summed E-state index contributed by atoms with van der Waals surface area (Å²) >= 11 is 0. The third-order valence-electron chi connectivity index (χ3n) is 5.77. The van der Waals surface area contributed by atoms with Crippen molar-refractivity contribution >= 4 is 42.0 Å². The van der Waals surface area contributed by atoms with Gasteiger partial charge in [0.15, 0.2) is 0 Å². The number of alkyl halides is 6. The summed E-state index contributed by atoms with van der Waals surface area (Å²) in [5, 5.41) is 0.865. The average Bonchev–Trinajstić information content (AvgIpc) is 3.06. The fourth-order valence-corrected chi connectivity index (χ4v) is 4.78. The van der Waals surface area contributed by atoms with Crippen LogP contribution in [0.2, 0.25) is 0 Å². The van der Waals surface area contributed by atoms with Crippen molar-refractivity contribution in [3.8, 4) is 11.5 Å². The molecule has 0 spiro atoms. The van der Waals surface area contributed by atoms with Gasteiger partial charge in [-0.25, -0.2) is 0 Å². The van der Waals surface area contributed by atoms with E-state index in [9.17, 15) is 43.2 Å². The zero-order valence-electron chi connectivity index (χ0n) is 19.6. The quantitative estimate of drug-likeness (QED) is 0.156. The Balaban J connectivity index is 2.20. The highest BCUT2D eigenvalue weighted by atomic mass is 32.2. The predicted octanol–water partition coefficient (Wildman–Crippen LogP) is 6.47. The largest absolute Gasteiger partial charge is 0.534 e. The van der Waals surface area contributed by atoms with Crippen molar-refractivity contribution in [2.24, 2.45) is 5.92 Å². The van der Waals surface area contributed by atoms with Gasteiger partial charge in [0.05, 0.1) is 11.0 Å². The smallest absolute Gasteiger partial charge is 0.376 e. The highest BCUT2D eigenvalue weighted by Crippen LogP contribution is 2.37. The lowest BCUT2D eigenvalue weighted by Crippen LogP contribution is -2.28. The molecule has 206 valence electrons. The number of hydrogen-bond donors (Lipinski definition) is 0. The Morgan fingerprint density at radius 3 is 1.57 bits per heavy atom. The summed E-state index contributed by atoms with van der Waals surface area (Å²) in [6, 6.07) is 6.83. The minimum atomic E-state index is -5.95. The second kappa shape index (κ2) is 10.2. The highest BCUT2D eigenvalue weighted by molar-refractivity contribution is 7.88. The molecule has 7 nitrogen and oxygen atoms in total. The molecule has 3 rings (SSSR count). The van der Waals surface area contributed by atoms with Gasteiger partial charge in [0.2, 0.25) is 0 Å². The van der Waals surface area contributed by atoms with Gasteiger partial charge in [0.1, 0.15) is 11.5 Å². The first kappa shape index (κ1) is 28.9. The third-order valence-corrected chi connectivity index (χ3v) is 7.73. The molecule has 0 aliphatic heterocycles. The van der Waals surface area contributed by atoms with E-state index in [2.05, 4.69) is 8.37 Å². The number of fused-ring (bicyclic) bond motifs is 3. The van der Waals surface area contributed by atoms with Crippen LogP contribution in [0.1, 0.15) is 39.5 Å². The lowest BCUT2D eigenvalue weighted by atomic mass is 9.99. The van der Waals surface area contributed by atoms with Crippen molar-refractivity contribution in [2.75, 3.05) is 0 Å². The van der Waals surface area contributed by atoms with Crippen LogP contribution in [0.3, 0.4) is 0 Å². The molecule has 0 fully saturated rings. The topological polar surface area (TPSA) is 91.7 Å². The van der Waals surface area contributed by atoms with Crippen LogP contribution in [-0.4, -0.2) is 32.4 Å².